The Kier molecular flexibility index (Phi) is 5.47. The fourth-order valence-electron chi connectivity index (χ4n) is 1.20. The van der Waals surface area contributed by atoms with Gasteiger partial charge in [0.2, 0.25) is 0 Å². The van der Waals surface area contributed by atoms with Crippen LogP contribution in [0.3, 0.4) is 0 Å². The van der Waals surface area contributed by atoms with Gasteiger partial charge in [0.1, 0.15) is 11.5 Å². The molecule has 0 saturated carbocycles. The van der Waals surface area contributed by atoms with Crippen molar-refractivity contribution in [2.24, 2.45) is 0 Å². The highest BCUT2D eigenvalue weighted by molar-refractivity contribution is 7.51. The Morgan fingerprint density at radius 1 is 0.950 bits per heavy atom. The van der Waals surface area contributed by atoms with E-state index in [4.69, 9.17) is 29.0 Å². The fraction of sp³-hybridized carbons (Fsp3) is 0.222. The third kappa shape index (κ3) is 5.83. The molecule has 11 heteroatoms. The first-order valence-corrected chi connectivity index (χ1v) is 8.65. The first-order valence-electron chi connectivity index (χ1n) is 5.05. The van der Waals surface area contributed by atoms with Gasteiger partial charge in [-0.2, -0.15) is 0 Å². The first-order chi connectivity index (χ1) is 9.12. The van der Waals surface area contributed by atoms with E-state index in [0.717, 1.165) is 0 Å². The summed E-state index contributed by atoms with van der Waals surface area (Å²) in [6, 6.07) is 3.88. The Bertz CT molecular complexity index is 529. The van der Waals surface area contributed by atoms with Crippen LogP contribution in [0.2, 0.25) is 0 Å². The van der Waals surface area contributed by atoms with E-state index in [1.54, 1.807) is 0 Å². The quantitative estimate of drug-likeness (QED) is 0.415. The molecule has 0 unspecified atom stereocenters. The third-order valence-electron chi connectivity index (χ3n) is 1.92. The van der Waals surface area contributed by atoms with Crippen molar-refractivity contribution in [3.05, 3.63) is 23.8 Å². The van der Waals surface area contributed by atoms with E-state index in [-0.39, 0.29) is 17.1 Å². The molecule has 0 radical (unpaired) electrons. The predicted molar refractivity (Wildman–Crippen MR) is 66.9 cm³/mol. The topological polar surface area (TPSA) is 151 Å². The maximum Gasteiger partial charge on any atom is 0.362 e. The summed E-state index contributed by atoms with van der Waals surface area (Å²) in [7, 11) is -8.84. The van der Waals surface area contributed by atoms with E-state index in [0.29, 0.717) is 6.29 Å². The number of rotatable bonds is 7. The van der Waals surface area contributed by atoms with Gasteiger partial charge in [-0.05, 0) is 12.1 Å². The number of carbonyl (C=O) groups excluding carboxylic acids is 1. The average molecular weight is 326 g/mol. The van der Waals surface area contributed by atoms with Crippen molar-refractivity contribution in [3.63, 3.8) is 0 Å². The van der Waals surface area contributed by atoms with E-state index in [1.165, 1.54) is 18.2 Å². The number of aldehydes is 1. The molecule has 9 nitrogen and oxygen atoms in total. The molecule has 0 atom stereocenters. The van der Waals surface area contributed by atoms with Crippen LogP contribution in [0.1, 0.15) is 10.4 Å². The number of ether oxygens (including phenoxy) is 2. The Morgan fingerprint density at radius 2 is 1.35 bits per heavy atom. The standard InChI is InChI=1S/C9H12O9P2/c10-4-7-8(17-5-19(11,12)13)2-1-3-9(7)18-6-20(14,15)16/h1-4H,5-6H2,(H2,11,12,13)(H2,14,15,16). The van der Waals surface area contributed by atoms with Crippen LogP contribution in [-0.4, -0.2) is 38.6 Å². The van der Waals surface area contributed by atoms with Crippen molar-refractivity contribution < 1.29 is 43.0 Å². The van der Waals surface area contributed by atoms with Gasteiger partial charge in [-0.1, -0.05) is 6.07 Å². The molecule has 0 heterocycles. The van der Waals surface area contributed by atoms with Gasteiger partial charge in [0.15, 0.2) is 19.0 Å². The molecule has 0 amide bonds. The van der Waals surface area contributed by atoms with Crippen LogP contribution in [0.15, 0.2) is 18.2 Å². The second kappa shape index (κ2) is 6.49. The van der Waals surface area contributed by atoms with Gasteiger partial charge in [-0.25, -0.2) is 0 Å². The minimum atomic E-state index is -4.42. The Labute approximate surface area is 113 Å². The monoisotopic (exact) mass is 326 g/mol. The molecule has 0 bridgehead atoms. The Hall–Kier alpha value is -1.21. The molecule has 0 spiro atoms. The van der Waals surface area contributed by atoms with E-state index >= 15 is 0 Å². The van der Waals surface area contributed by atoms with Crippen molar-refractivity contribution >= 4 is 21.5 Å². The lowest BCUT2D eigenvalue weighted by molar-refractivity contribution is 0.111. The van der Waals surface area contributed by atoms with Gasteiger partial charge >= 0.3 is 15.2 Å². The molecular formula is C9H12O9P2. The van der Waals surface area contributed by atoms with Crippen LogP contribution in [0.5, 0.6) is 11.5 Å². The van der Waals surface area contributed by atoms with E-state index in [2.05, 4.69) is 0 Å². The largest absolute Gasteiger partial charge is 0.480 e. The normalized spacial score (nSPS) is 12.0. The summed E-state index contributed by atoms with van der Waals surface area (Å²) in [5.41, 5.74) is -0.200. The smallest absolute Gasteiger partial charge is 0.362 e. The van der Waals surface area contributed by atoms with Crippen molar-refractivity contribution in [1.29, 1.82) is 0 Å². The highest BCUT2D eigenvalue weighted by Crippen LogP contribution is 2.38. The van der Waals surface area contributed by atoms with Crippen LogP contribution in [0.4, 0.5) is 0 Å². The molecular weight excluding hydrogens is 314 g/mol. The molecule has 0 saturated heterocycles. The van der Waals surface area contributed by atoms with E-state index < -0.39 is 27.9 Å². The number of carbonyl (C=O) groups is 1. The van der Waals surface area contributed by atoms with Crippen LogP contribution < -0.4 is 9.47 Å². The van der Waals surface area contributed by atoms with Gasteiger partial charge in [0.25, 0.3) is 0 Å². The van der Waals surface area contributed by atoms with Crippen molar-refractivity contribution in [3.8, 4) is 11.5 Å². The van der Waals surface area contributed by atoms with Gasteiger partial charge in [0, 0.05) is 0 Å². The predicted octanol–water partition coefficient (Wildman–Crippen LogP) is 0.527. The molecule has 1 aromatic rings. The summed E-state index contributed by atoms with van der Waals surface area (Å²) in [4.78, 5) is 45.7. The van der Waals surface area contributed by atoms with Crippen molar-refractivity contribution in [1.82, 2.24) is 0 Å². The summed E-state index contributed by atoms with van der Waals surface area (Å²) in [5.74, 6) is -0.321. The van der Waals surface area contributed by atoms with Crippen LogP contribution >= 0.6 is 15.2 Å². The minimum Gasteiger partial charge on any atom is -0.480 e. The molecule has 20 heavy (non-hydrogen) atoms. The molecule has 0 aliphatic carbocycles. The lowest BCUT2D eigenvalue weighted by Crippen LogP contribution is -2.04. The SMILES string of the molecule is O=Cc1c(OCP(=O)(O)O)cccc1OCP(=O)(O)O. The van der Waals surface area contributed by atoms with Crippen molar-refractivity contribution in [2.45, 2.75) is 0 Å². The Balaban J connectivity index is 2.95. The molecule has 112 valence electrons. The van der Waals surface area contributed by atoms with Gasteiger partial charge < -0.3 is 29.0 Å². The van der Waals surface area contributed by atoms with E-state index in [1.807, 2.05) is 0 Å². The summed E-state index contributed by atoms with van der Waals surface area (Å²) in [6.07, 6.45) is -1.57. The number of benzene rings is 1. The van der Waals surface area contributed by atoms with E-state index in [9.17, 15) is 13.9 Å². The van der Waals surface area contributed by atoms with Gasteiger partial charge in [-0.3, -0.25) is 13.9 Å². The molecule has 1 aromatic carbocycles. The molecule has 0 aliphatic heterocycles. The minimum absolute atomic E-state index is 0.161. The van der Waals surface area contributed by atoms with Crippen LogP contribution in [-0.2, 0) is 9.13 Å². The summed E-state index contributed by atoms with van der Waals surface area (Å²) < 4.78 is 31.0. The summed E-state index contributed by atoms with van der Waals surface area (Å²) in [6.45, 7) is 0. The molecule has 4 N–H and O–H groups in total. The fourth-order valence-corrected chi connectivity index (χ4v) is 1.81. The summed E-state index contributed by atoms with van der Waals surface area (Å²) in [5, 5.41) is 0. The average Bonchev–Trinajstić information content (AvgIpc) is 2.31. The highest BCUT2D eigenvalue weighted by atomic mass is 31.2. The highest BCUT2D eigenvalue weighted by Gasteiger charge is 2.19. The summed E-state index contributed by atoms with van der Waals surface area (Å²) >= 11 is 0. The first kappa shape index (κ1) is 16.8. The lowest BCUT2D eigenvalue weighted by atomic mass is 10.2. The number of hydrogen-bond donors (Lipinski definition) is 4. The Morgan fingerprint density at radius 3 is 1.65 bits per heavy atom. The zero-order chi connectivity index (χ0) is 15.4. The second-order valence-corrected chi connectivity index (χ2v) is 6.84. The maximum atomic E-state index is 10.9. The number of hydrogen-bond acceptors (Lipinski definition) is 5. The molecule has 0 aliphatic rings. The zero-order valence-electron chi connectivity index (χ0n) is 9.95. The third-order valence-corrected chi connectivity index (χ3v) is 2.85. The van der Waals surface area contributed by atoms with Crippen LogP contribution in [0, 0.1) is 0 Å². The maximum absolute atomic E-state index is 10.9. The van der Waals surface area contributed by atoms with Crippen LogP contribution in [0.25, 0.3) is 0 Å². The zero-order valence-corrected chi connectivity index (χ0v) is 11.7. The second-order valence-electron chi connectivity index (χ2n) is 3.66. The van der Waals surface area contributed by atoms with Gasteiger partial charge in [-0.15, -0.1) is 0 Å². The molecule has 0 fully saturated rings. The lowest BCUT2D eigenvalue weighted by Gasteiger charge is -2.13. The van der Waals surface area contributed by atoms with Gasteiger partial charge in [0.05, 0.1) is 5.56 Å². The molecule has 0 aromatic heterocycles. The van der Waals surface area contributed by atoms with Crippen molar-refractivity contribution in [2.75, 3.05) is 12.7 Å². The molecule has 1 rings (SSSR count).